The normalized spacial score (nSPS) is 14.6. The Labute approximate surface area is 91.6 Å². The number of nitrogens with one attached hydrogen (secondary N) is 1. The largest absolute Gasteiger partial charge is 0.410 e. The topological polar surface area (TPSA) is 90.4 Å². The molecule has 1 aromatic carbocycles. The van der Waals surface area contributed by atoms with Crippen molar-refractivity contribution >= 4 is 17.5 Å². The number of rotatable bonds is 3. The van der Waals surface area contributed by atoms with Crippen LogP contribution in [0.3, 0.4) is 0 Å². The maximum Gasteiger partial charge on any atom is 0.410 e. The minimum absolute atomic E-state index is 0.237. The molecule has 0 unspecified atom stereocenters. The number of benzene rings is 1. The van der Waals surface area contributed by atoms with Crippen molar-refractivity contribution in [3.63, 3.8) is 0 Å². The molecule has 0 aliphatic heterocycles. The van der Waals surface area contributed by atoms with E-state index in [1.165, 1.54) is 6.07 Å². The van der Waals surface area contributed by atoms with E-state index in [1.54, 1.807) is 0 Å². The lowest BCUT2D eigenvalue weighted by atomic mass is 10.2. The molecule has 1 aliphatic rings. The zero-order chi connectivity index (χ0) is 11.7. The van der Waals surface area contributed by atoms with Gasteiger partial charge in [0.05, 0.1) is 5.69 Å². The van der Waals surface area contributed by atoms with Crippen LogP contribution in [0.15, 0.2) is 12.1 Å². The van der Waals surface area contributed by atoms with Gasteiger partial charge in [0, 0.05) is 6.04 Å². The number of carbonyl (C=O) groups excluding carboxylic acids is 1. The molecule has 0 spiro atoms. The van der Waals surface area contributed by atoms with Gasteiger partial charge in [-0.15, -0.1) is 0 Å². The van der Waals surface area contributed by atoms with Crippen molar-refractivity contribution in [2.24, 2.45) is 5.73 Å². The fraction of sp³-hybridized carbons (Fsp3) is 0.300. The Morgan fingerprint density at radius 2 is 2.19 bits per heavy atom. The Hall–Kier alpha value is -1.98. The van der Waals surface area contributed by atoms with E-state index in [0.29, 0.717) is 11.4 Å². The summed E-state index contributed by atoms with van der Waals surface area (Å²) in [6.07, 6.45) is 0.918. The molecule has 1 aromatic rings. The zero-order valence-electron chi connectivity index (χ0n) is 8.50. The monoisotopic (exact) mass is 225 g/mol. The second-order valence-corrected chi connectivity index (χ2v) is 3.68. The molecule has 6 heteroatoms. The Balaban J connectivity index is 2.35. The third-order valence-corrected chi connectivity index (χ3v) is 2.27. The number of ether oxygens (including phenoxy) is 1. The number of halogens is 1. The molecule has 0 bridgehead atoms. The number of anilines is 2. The molecular formula is C10H12FN3O2. The average Bonchev–Trinajstić information content (AvgIpc) is 3.00. The Kier molecular flexibility index (Phi) is 2.55. The van der Waals surface area contributed by atoms with E-state index >= 15 is 0 Å². The molecule has 0 atom stereocenters. The predicted molar refractivity (Wildman–Crippen MR) is 57.7 cm³/mol. The predicted octanol–water partition coefficient (Wildman–Crippen LogP) is 1.44. The van der Waals surface area contributed by atoms with Gasteiger partial charge in [0.15, 0.2) is 11.6 Å². The van der Waals surface area contributed by atoms with Crippen LogP contribution in [0.2, 0.25) is 0 Å². The van der Waals surface area contributed by atoms with Crippen LogP contribution in [-0.4, -0.2) is 12.1 Å². The second-order valence-electron chi connectivity index (χ2n) is 3.68. The van der Waals surface area contributed by atoms with E-state index < -0.39 is 11.9 Å². The molecule has 86 valence electrons. The third-order valence-electron chi connectivity index (χ3n) is 2.27. The fourth-order valence-corrected chi connectivity index (χ4v) is 1.35. The zero-order valence-corrected chi connectivity index (χ0v) is 8.50. The molecule has 1 aliphatic carbocycles. The van der Waals surface area contributed by atoms with E-state index in [-0.39, 0.29) is 11.8 Å². The molecule has 5 nitrogen and oxygen atoms in total. The molecule has 1 fully saturated rings. The van der Waals surface area contributed by atoms with Crippen molar-refractivity contribution in [1.29, 1.82) is 0 Å². The second kappa shape index (κ2) is 3.88. The highest BCUT2D eigenvalue weighted by molar-refractivity contribution is 5.79. The highest BCUT2D eigenvalue weighted by Crippen LogP contribution is 2.37. The highest BCUT2D eigenvalue weighted by Gasteiger charge is 2.25. The van der Waals surface area contributed by atoms with Gasteiger partial charge in [0.25, 0.3) is 0 Å². The van der Waals surface area contributed by atoms with E-state index in [9.17, 15) is 9.18 Å². The van der Waals surface area contributed by atoms with Gasteiger partial charge >= 0.3 is 6.09 Å². The first-order valence-corrected chi connectivity index (χ1v) is 4.89. The summed E-state index contributed by atoms with van der Waals surface area (Å²) in [4.78, 5) is 10.7. The third kappa shape index (κ3) is 2.16. The minimum Gasteiger partial charge on any atom is -0.405 e. The summed E-state index contributed by atoms with van der Waals surface area (Å²) in [5, 5.41) is 3.00. The molecular weight excluding hydrogens is 213 g/mol. The van der Waals surface area contributed by atoms with Crippen molar-refractivity contribution in [2.75, 3.05) is 11.1 Å². The number of hydrogen-bond donors (Lipinski definition) is 3. The molecule has 1 saturated carbocycles. The van der Waals surface area contributed by atoms with Crippen LogP contribution in [0.5, 0.6) is 5.75 Å². The molecule has 2 rings (SSSR count). The van der Waals surface area contributed by atoms with Gasteiger partial charge in [-0.1, -0.05) is 0 Å². The van der Waals surface area contributed by atoms with Crippen molar-refractivity contribution in [1.82, 2.24) is 0 Å². The number of carbonyl (C=O) groups is 1. The first-order chi connectivity index (χ1) is 7.58. The summed E-state index contributed by atoms with van der Waals surface area (Å²) in [5.74, 6) is -0.907. The Bertz CT molecular complexity index is 432. The first-order valence-electron chi connectivity index (χ1n) is 4.89. The standard InChI is InChI=1S/C10H12FN3O2/c11-6-3-4-7(12)8(14-5-1-2-5)9(6)16-10(13)15/h3-5,14H,1-2,12H2,(H2,13,15). The molecule has 0 aromatic heterocycles. The van der Waals surface area contributed by atoms with Gasteiger partial charge in [-0.2, -0.15) is 0 Å². The summed E-state index contributed by atoms with van der Waals surface area (Å²) in [6, 6.07) is 2.80. The van der Waals surface area contributed by atoms with Crippen LogP contribution in [0.4, 0.5) is 20.6 Å². The van der Waals surface area contributed by atoms with E-state index in [0.717, 1.165) is 18.9 Å². The lowest BCUT2D eigenvalue weighted by Crippen LogP contribution is -2.19. The quantitative estimate of drug-likeness (QED) is 0.679. The summed E-state index contributed by atoms with van der Waals surface area (Å²) in [7, 11) is 0. The van der Waals surface area contributed by atoms with Crippen molar-refractivity contribution in [3.05, 3.63) is 17.9 Å². The van der Waals surface area contributed by atoms with Crippen molar-refractivity contribution in [3.8, 4) is 5.75 Å². The van der Waals surface area contributed by atoms with E-state index in [2.05, 4.69) is 10.1 Å². The van der Waals surface area contributed by atoms with Gasteiger partial charge in [0.1, 0.15) is 5.69 Å². The summed E-state index contributed by atoms with van der Waals surface area (Å²) >= 11 is 0. The van der Waals surface area contributed by atoms with Crippen molar-refractivity contribution in [2.45, 2.75) is 18.9 Å². The fourth-order valence-electron chi connectivity index (χ4n) is 1.35. The molecule has 0 radical (unpaired) electrons. The van der Waals surface area contributed by atoms with Crippen LogP contribution in [0.1, 0.15) is 12.8 Å². The first kappa shape index (κ1) is 10.5. The number of nitrogens with two attached hydrogens (primary N) is 2. The molecule has 5 N–H and O–H groups in total. The van der Waals surface area contributed by atoms with Crippen LogP contribution in [-0.2, 0) is 0 Å². The van der Waals surface area contributed by atoms with Gasteiger partial charge in [-0.3, -0.25) is 0 Å². The van der Waals surface area contributed by atoms with Crippen LogP contribution >= 0.6 is 0 Å². The van der Waals surface area contributed by atoms with Gasteiger partial charge < -0.3 is 21.5 Å². The Morgan fingerprint density at radius 1 is 1.50 bits per heavy atom. The maximum atomic E-state index is 13.4. The number of nitrogen functional groups attached to an aromatic ring is 1. The van der Waals surface area contributed by atoms with E-state index in [4.69, 9.17) is 11.5 Å². The lowest BCUT2D eigenvalue weighted by Gasteiger charge is -2.13. The Morgan fingerprint density at radius 3 is 2.75 bits per heavy atom. The number of hydrogen-bond acceptors (Lipinski definition) is 4. The number of primary amides is 1. The van der Waals surface area contributed by atoms with E-state index in [1.807, 2.05) is 0 Å². The van der Waals surface area contributed by atoms with Crippen LogP contribution < -0.4 is 21.5 Å². The van der Waals surface area contributed by atoms with Gasteiger partial charge in [0.2, 0.25) is 0 Å². The SMILES string of the molecule is NC(=O)Oc1c(F)ccc(N)c1NC1CC1. The average molecular weight is 225 g/mol. The van der Waals surface area contributed by atoms with Crippen molar-refractivity contribution < 1.29 is 13.9 Å². The summed E-state index contributed by atoms with van der Waals surface area (Å²) in [6.45, 7) is 0. The summed E-state index contributed by atoms with van der Waals surface area (Å²) < 4.78 is 18.0. The molecule has 1 amide bonds. The highest BCUT2D eigenvalue weighted by atomic mass is 19.1. The smallest absolute Gasteiger partial charge is 0.405 e. The van der Waals surface area contributed by atoms with Gasteiger partial charge in [-0.25, -0.2) is 9.18 Å². The van der Waals surface area contributed by atoms with Crippen LogP contribution in [0, 0.1) is 5.82 Å². The minimum atomic E-state index is -1.07. The molecule has 16 heavy (non-hydrogen) atoms. The summed E-state index contributed by atoms with van der Waals surface area (Å²) in [5.41, 5.74) is 11.2. The maximum absolute atomic E-state index is 13.4. The van der Waals surface area contributed by atoms with Crippen LogP contribution in [0.25, 0.3) is 0 Å². The molecule has 0 saturated heterocycles. The van der Waals surface area contributed by atoms with Gasteiger partial charge in [-0.05, 0) is 25.0 Å². The molecule has 0 heterocycles. The lowest BCUT2D eigenvalue weighted by molar-refractivity contribution is 0.209. The number of amides is 1.